The maximum Gasteiger partial charge on any atom is 0.230 e. The van der Waals surface area contributed by atoms with Gasteiger partial charge >= 0.3 is 0 Å². The molecule has 0 aliphatic heterocycles. The fourth-order valence-corrected chi connectivity index (χ4v) is 1.51. The summed E-state index contributed by atoms with van der Waals surface area (Å²) >= 11 is 3.25. The number of nitrogens with zero attached hydrogens (tertiary/aromatic N) is 7. The Morgan fingerprint density at radius 2 is 1.64 bits per heavy atom. The van der Waals surface area contributed by atoms with E-state index in [9.17, 15) is 0 Å². The summed E-state index contributed by atoms with van der Waals surface area (Å²) in [4.78, 5) is 22.9. The third-order valence-electron chi connectivity index (χ3n) is 2.65. The van der Waals surface area contributed by atoms with Crippen LogP contribution in [0.15, 0.2) is 34.8 Å². The van der Waals surface area contributed by atoms with Gasteiger partial charge in [-0.25, -0.2) is 20.0 Å². The van der Waals surface area contributed by atoms with Crippen LogP contribution >= 0.6 is 15.9 Å². The summed E-state index contributed by atoms with van der Waals surface area (Å²) < 4.78 is 2.04. The van der Waals surface area contributed by atoms with Gasteiger partial charge in [0.2, 0.25) is 11.9 Å². The third-order valence-corrected chi connectivity index (χ3v) is 3.44. The van der Waals surface area contributed by atoms with E-state index in [1.54, 1.807) is 31.3 Å². The van der Waals surface area contributed by atoms with E-state index in [2.05, 4.69) is 54.7 Å². The molecule has 160 valence electrons. The zero-order valence-corrected chi connectivity index (χ0v) is 18.9. The standard InChI is InChI=1S/C9H16N4.C6H10N4.C3H7Br.CH4/c1-4-6-13-7-5-10-9(13)11-8-12(2)3;1-10(2)5-9-6-7-3-4-8-6;1-2-3-4;/h5,7-8H,4,6H2,1-3H3;3-5H,1-2H3,(H,7,8);2-3H2,1H3;1H4. The molecule has 0 saturated carbocycles. The first kappa shape index (κ1) is 28.1. The molecule has 0 unspecified atom stereocenters. The number of nitrogens with one attached hydrogen (secondary N) is 1. The highest BCUT2D eigenvalue weighted by Gasteiger charge is 1.97. The molecule has 0 fully saturated rings. The Morgan fingerprint density at radius 3 is 2.11 bits per heavy atom. The molecule has 1 N–H and O–H groups in total. The van der Waals surface area contributed by atoms with E-state index < -0.39 is 0 Å². The average molecular weight is 457 g/mol. The van der Waals surface area contributed by atoms with Gasteiger partial charge in [-0.05, 0) is 12.8 Å². The number of aliphatic imine (C=N–C) groups is 2. The first-order valence-electron chi connectivity index (χ1n) is 8.92. The van der Waals surface area contributed by atoms with Crippen LogP contribution in [0.2, 0.25) is 0 Å². The SMILES string of the molecule is C.CCCBr.CCCn1ccnc1N=CN(C)C.CN(C)C=Nc1ncc[nH]1. The summed E-state index contributed by atoms with van der Waals surface area (Å²) in [5, 5.41) is 1.13. The Labute approximate surface area is 178 Å². The van der Waals surface area contributed by atoms with E-state index in [0.29, 0.717) is 5.95 Å². The molecule has 0 bridgehead atoms. The van der Waals surface area contributed by atoms with Gasteiger partial charge in [-0.1, -0.05) is 37.2 Å². The summed E-state index contributed by atoms with van der Waals surface area (Å²) in [6.07, 6.45) is 12.9. The van der Waals surface area contributed by atoms with Crippen LogP contribution in [0.3, 0.4) is 0 Å². The van der Waals surface area contributed by atoms with Crippen molar-refractivity contribution in [2.45, 2.75) is 40.7 Å². The lowest BCUT2D eigenvalue weighted by atomic mass is 10.5. The molecule has 0 spiro atoms. The quantitative estimate of drug-likeness (QED) is 0.375. The maximum absolute atomic E-state index is 4.24. The molecule has 0 aromatic carbocycles. The Morgan fingerprint density at radius 1 is 1.04 bits per heavy atom. The van der Waals surface area contributed by atoms with Gasteiger partial charge in [0.15, 0.2) is 0 Å². The summed E-state index contributed by atoms with van der Waals surface area (Å²) in [5.41, 5.74) is 0. The van der Waals surface area contributed by atoms with Crippen LogP contribution in [-0.4, -0.2) is 75.5 Å². The Bertz CT molecular complexity index is 616. The minimum absolute atomic E-state index is 0. The molecule has 0 saturated heterocycles. The second-order valence-corrected chi connectivity index (χ2v) is 6.73. The number of hydrogen-bond acceptors (Lipinski definition) is 4. The van der Waals surface area contributed by atoms with Gasteiger partial charge in [-0.15, -0.1) is 0 Å². The minimum Gasteiger partial charge on any atom is -0.369 e. The first-order chi connectivity index (χ1) is 12.9. The van der Waals surface area contributed by atoms with Gasteiger partial charge < -0.3 is 19.4 Å². The summed E-state index contributed by atoms with van der Waals surface area (Å²) in [7, 11) is 7.70. The molecule has 0 amide bonds. The van der Waals surface area contributed by atoms with E-state index in [1.165, 1.54) is 6.42 Å². The number of aromatic amines is 1. The highest BCUT2D eigenvalue weighted by Crippen LogP contribution is 2.08. The summed E-state index contributed by atoms with van der Waals surface area (Å²) in [6.45, 7) is 5.24. The lowest BCUT2D eigenvalue weighted by molar-refractivity contribution is 0.638. The van der Waals surface area contributed by atoms with Gasteiger partial charge in [0.25, 0.3) is 0 Å². The zero-order valence-electron chi connectivity index (χ0n) is 17.3. The number of aryl methyl sites for hydroxylation is 1. The fourth-order valence-electron chi connectivity index (χ4n) is 1.51. The third kappa shape index (κ3) is 15.0. The molecular formula is C19H37BrN8. The Balaban J connectivity index is 0. The highest BCUT2D eigenvalue weighted by molar-refractivity contribution is 9.09. The molecule has 0 aliphatic rings. The monoisotopic (exact) mass is 456 g/mol. The molecule has 2 rings (SSSR count). The van der Waals surface area contributed by atoms with Crippen molar-refractivity contribution >= 4 is 40.5 Å². The molecule has 8 nitrogen and oxygen atoms in total. The van der Waals surface area contributed by atoms with E-state index in [1.807, 2.05) is 48.8 Å². The number of halogens is 1. The van der Waals surface area contributed by atoms with E-state index in [-0.39, 0.29) is 7.43 Å². The lowest BCUT2D eigenvalue weighted by Gasteiger charge is -2.03. The van der Waals surface area contributed by atoms with Gasteiger partial charge in [-0.3, -0.25) is 0 Å². The number of alkyl halides is 1. The second kappa shape index (κ2) is 18.2. The normalized spacial score (nSPS) is 9.96. The minimum atomic E-state index is 0. The highest BCUT2D eigenvalue weighted by atomic mass is 79.9. The molecule has 2 heterocycles. The Kier molecular flexibility index (Phi) is 18.2. The second-order valence-electron chi connectivity index (χ2n) is 5.94. The van der Waals surface area contributed by atoms with Crippen LogP contribution in [0.25, 0.3) is 0 Å². The molecule has 0 atom stereocenters. The fraction of sp³-hybridized carbons (Fsp3) is 0.579. The van der Waals surface area contributed by atoms with Crippen molar-refractivity contribution in [1.82, 2.24) is 29.3 Å². The van der Waals surface area contributed by atoms with Crippen molar-refractivity contribution < 1.29 is 0 Å². The van der Waals surface area contributed by atoms with Gasteiger partial charge in [-0.2, -0.15) is 0 Å². The molecule has 9 heteroatoms. The number of imidazole rings is 2. The van der Waals surface area contributed by atoms with Crippen molar-refractivity contribution in [3.05, 3.63) is 24.8 Å². The number of hydrogen-bond donors (Lipinski definition) is 1. The van der Waals surface area contributed by atoms with Crippen LogP contribution in [0.5, 0.6) is 0 Å². The average Bonchev–Trinajstić information content (AvgIpc) is 3.31. The summed E-state index contributed by atoms with van der Waals surface area (Å²) in [6, 6.07) is 0. The van der Waals surface area contributed by atoms with Gasteiger partial charge in [0, 0.05) is 64.9 Å². The molecule has 28 heavy (non-hydrogen) atoms. The number of aromatic nitrogens is 4. The van der Waals surface area contributed by atoms with Crippen LogP contribution < -0.4 is 0 Å². The van der Waals surface area contributed by atoms with E-state index in [4.69, 9.17) is 0 Å². The molecule has 2 aromatic heterocycles. The zero-order chi connectivity index (χ0) is 20.5. The molecule has 2 aromatic rings. The Hall–Kier alpha value is -2.16. The van der Waals surface area contributed by atoms with Crippen molar-refractivity contribution in [2.75, 3.05) is 33.5 Å². The van der Waals surface area contributed by atoms with E-state index in [0.717, 1.165) is 24.2 Å². The maximum atomic E-state index is 4.24. The smallest absolute Gasteiger partial charge is 0.230 e. The number of rotatable bonds is 7. The lowest BCUT2D eigenvalue weighted by Crippen LogP contribution is -2.07. The predicted molar refractivity (Wildman–Crippen MR) is 126 cm³/mol. The van der Waals surface area contributed by atoms with Crippen molar-refractivity contribution in [3.8, 4) is 0 Å². The van der Waals surface area contributed by atoms with Crippen LogP contribution in [0.4, 0.5) is 11.9 Å². The first-order valence-corrected chi connectivity index (χ1v) is 10.0. The molecular weight excluding hydrogens is 420 g/mol. The summed E-state index contributed by atoms with van der Waals surface area (Å²) in [5.74, 6) is 1.41. The van der Waals surface area contributed by atoms with Crippen LogP contribution in [0.1, 0.15) is 34.1 Å². The predicted octanol–water partition coefficient (Wildman–Crippen LogP) is 4.57. The van der Waals surface area contributed by atoms with Crippen LogP contribution in [-0.2, 0) is 6.54 Å². The van der Waals surface area contributed by atoms with Crippen molar-refractivity contribution in [1.29, 1.82) is 0 Å². The molecule has 0 aliphatic carbocycles. The topological polar surface area (TPSA) is 77.7 Å². The van der Waals surface area contributed by atoms with Crippen molar-refractivity contribution in [2.24, 2.45) is 9.98 Å². The van der Waals surface area contributed by atoms with Crippen LogP contribution in [0, 0.1) is 0 Å². The van der Waals surface area contributed by atoms with Gasteiger partial charge in [0.1, 0.15) is 0 Å². The van der Waals surface area contributed by atoms with E-state index >= 15 is 0 Å². The van der Waals surface area contributed by atoms with Crippen molar-refractivity contribution in [3.63, 3.8) is 0 Å². The molecule has 0 radical (unpaired) electrons. The largest absolute Gasteiger partial charge is 0.369 e. The van der Waals surface area contributed by atoms with Gasteiger partial charge in [0.05, 0.1) is 12.7 Å². The number of H-pyrrole nitrogens is 1.